The van der Waals surface area contributed by atoms with Gasteiger partial charge in [0, 0.05) is 5.33 Å². The van der Waals surface area contributed by atoms with Crippen LogP contribution < -0.4 is 0 Å². The Labute approximate surface area is 92.4 Å². The predicted octanol–water partition coefficient (Wildman–Crippen LogP) is 2.87. The number of carbonyl (C=O) groups is 1. The third kappa shape index (κ3) is 3.50. The maximum atomic E-state index is 11.4. The number of esters is 1. The number of rotatable bonds is 4. The standard InChI is InChI=1S/C11H13BrO2/c1-9(7-12)8-14-11(13)10-5-3-2-4-6-10/h2-6,9H,7-8H2,1H3. The lowest BCUT2D eigenvalue weighted by atomic mass is 10.2. The maximum absolute atomic E-state index is 11.4. The van der Waals surface area contributed by atoms with Gasteiger partial charge in [-0.2, -0.15) is 0 Å². The minimum Gasteiger partial charge on any atom is -0.462 e. The number of carbonyl (C=O) groups excluding carboxylic acids is 1. The molecule has 0 aliphatic carbocycles. The van der Waals surface area contributed by atoms with Crippen molar-refractivity contribution in [3.63, 3.8) is 0 Å². The van der Waals surface area contributed by atoms with Gasteiger partial charge in [0.25, 0.3) is 0 Å². The molecule has 0 spiro atoms. The van der Waals surface area contributed by atoms with Crippen LogP contribution in [0.3, 0.4) is 0 Å². The van der Waals surface area contributed by atoms with E-state index in [0.29, 0.717) is 18.1 Å². The minimum absolute atomic E-state index is 0.251. The van der Waals surface area contributed by atoms with Gasteiger partial charge in [-0.3, -0.25) is 0 Å². The van der Waals surface area contributed by atoms with E-state index in [9.17, 15) is 4.79 Å². The van der Waals surface area contributed by atoms with Gasteiger partial charge in [-0.1, -0.05) is 41.1 Å². The van der Waals surface area contributed by atoms with Gasteiger partial charge in [-0.25, -0.2) is 4.79 Å². The molecular formula is C11H13BrO2. The number of alkyl halides is 1. The predicted molar refractivity (Wildman–Crippen MR) is 59.7 cm³/mol. The molecule has 1 unspecified atom stereocenters. The molecule has 76 valence electrons. The number of benzene rings is 1. The first-order chi connectivity index (χ1) is 6.74. The summed E-state index contributed by atoms with van der Waals surface area (Å²) in [4.78, 5) is 11.4. The van der Waals surface area contributed by atoms with Crippen molar-refractivity contribution in [2.24, 2.45) is 5.92 Å². The van der Waals surface area contributed by atoms with Crippen molar-refractivity contribution in [3.05, 3.63) is 35.9 Å². The second-order valence-corrected chi connectivity index (χ2v) is 3.87. The van der Waals surface area contributed by atoms with Crippen LogP contribution in [-0.2, 0) is 4.74 Å². The molecule has 14 heavy (non-hydrogen) atoms. The van der Waals surface area contributed by atoms with Crippen molar-refractivity contribution in [1.82, 2.24) is 0 Å². The fraction of sp³-hybridized carbons (Fsp3) is 0.364. The maximum Gasteiger partial charge on any atom is 0.338 e. The molecular weight excluding hydrogens is 244 g/mol. The molecule has 0 aliphatic rings. The molecule has 0 aliphatic heterocycles. The summed E-state index contributed by atoms with van der Waals surface area (Å²) in [6.07, 6.45) is 0. The van der Waals surface area contributed by atoms with E-state index in [4.69, 9.17) is 4.74 Å². The Bertz CT molecular complexity index is 285. The lowest BCUT2D eigenvalue weighted by Crippen LogP contribution is -2.12. The summed E-state index contributed by atoms with van der Waals surface area (Å²) in [6, 6.07) is 9.02. The van der Waals surface area contributed by atoms with E-state index >= 15 is 0 Å². The summed E-state index contributed by atoms with van der Waals surface area (Å²) in [5, 5.41) is 0.842. The van der Waals surface area contributed by atoms with Gasteiger partial charge in [0.2, 0.25) is 0 Å². The summed E-state index contributed by atoms with van der Waals surface area (Å²) in [5.41, 5.74) is 0.606. The second-order valence-electron chi connectivity index (χ2n) is 3.22. The number of ether oxygens (including phenoxy) is 1. The molecule has 1 atom stereocenters. The Kier molecular flexibility index (Phi) is 4.66. The lowest BCUT2D eigenvalue weighted by Gasteiger charge is -2.08. The van der Waals surface area contributed by atoms with E-state index in [1.807, 2.05) is 25.1 Å². The zero-order valence-electron chi connectivity index (χ0n) is 8.07. The molecule has 1 aromatic rings. The first kappa shape index (κ1) is 11.2. The van der Waals surface area contributed by atoms with Crippen molar-refractivity contribution in [2.75, 3.05) is 11.9 Å². The molecule has 0 aromatic heterocycles. The molecule has 0 fully saturated rings. The van der Waals surface area contributed by atoms with Crippen LogP contribution >= 0.6 is 15.9 Å². The number of hydrogen-bond donors (Lipinski definition) is 0. The highest BCUT2D eigenvalue weighted by Crippen LogP contribution is 2.05. The van der Waals surface area contributed by atoms with Crippen LogP contribution in [0.4, 0.5) is 0 Å². The Balaban J connectivity index is 2.44. The average Bonchev–Trinajstić information content (AvgIpc) is 2.26. The normalized spacial score (nSPS) is 12.1. The van der Waals surface area contributed by atoms with E-state index in [1.54, 1.807) is 12.1 Å². The highest BCUT2D eigenvalue weighted by Gasteiger charge is 2.07. The Morgan fingerprint density at radius 2 is 2.07 bits per heavy atom. The number of hydrogen-bond acceptors (Lipinski definition) is 2. The lowest BCUT2D eigenvalue weighted by molar-refractivity contribution is 0.0462. The molecule has 0 bridgehead atoms. The SMILES string of the molecule is CC(CBr)COC(=O)c1ccccc1. The van der Waals surface area contributed by atoms with Crippen molar-refractivity contribution >= 4 is 21.9 Å². The first-order valence-corrected chi connectivity index (χ1v) is 5.64. The minimum atomic E-state index is -0.251. The Morgan fingerprint density at radius 1 is 1.43 bits per heavy atom. The van der Waals surface area contributed by atoms with Crippen molar-refractivity contribution < 1.29 is 9.53 Å². The summed E-state index contributed by atoms with van der Waals surface area (Å²) < 4.78 is 5.11. The average molecular weight is 257 g/mol. The van der Waals surface area contributed by atoms with Crippen molar-refractivity contribution in [1.29, 1.82) is 0 Å². The molecule has 0 radical (unpaired) electrons. The van der Waals surface area contributed by atoms with E-state index in [-0.39, 0.29) is 5.97 Å². The zero-order valence-corrected chi connectivity index (χ0v) is 9.66. The third-order valence-corrected chi connectivity index (χ3v) is 2.88. The highest BCUT2D eigenvalue weighted by atomic mass is 79.9. The van der Waals surface area contributed by atoms with Crippen LogP contribution in [0, 0.1) is 5.92 Å². The summed E-state index contributed by atoms with van der Waals surface area (Å²) >= 11 is 3.33. The fourth-order valence-electron chi connectivity index (χ4n) is 0.920. The van der Waals surface area contributed by atoms with Crippen LogP contribution in [0.2, 0.25) is 0 Å². The number of halogens is 1. The fourth-order valence-corrected chi connectivity index (χ4v) is 1.11. The summed E-state index contributed by atoms with van der Waals surface area (Å²) in [5.74, 6) is 0.0982. The molecule has 1 aromatic carbocycles. The van der Waals surface area contributed by atoms with Crippen molar-refractivity contribution in [2.45, 2.75) is 6.92 Å². The van der Waals surface area contributed by atoms with Gasteiger partial charge in [0.05, 0.1) is 12.2 Å². The van der Waals surface area contributed by atoms with Crippen LogP contribution in [0.15, 0.2) is 30.3 Å². The highest BCUT2D eigenvalue weighted by molar-refractivity contribution is 9.09. The molecule has 0 amide bonds. The van der Waals surface area contributed by atoms with E-state index in [2.05, 4.69) is 15.9 Å². The van der Waals surface area contributed by atoms with Gasteiger partial charge < -0.3 is 4.74 Å². The molecule has 1 rings (SSSR count). The molecule has 0 heterocycles. The van der Waals surface area contributed by atoms with Gasteiger partial charge in [0.1, 0.15) is 0 Å². The van der Waals surface area contributed by atoms with Gasteiger partial charge >= 0.3 is 5.97 Å². The summed E-state index contributed by atoms with van der Waals surface area (Å²) in [6.45, 7) is 2.48. The molecule has 3 heteroatoms. The Morgan fingerprint density at radius 3 is 2.64 bits per heavy atom. The van der Waals surface area contributed by atoms with Crippen LogP contribution in [0.1, 0.15) is 17.3 Å². The quantitative estimate of drug-likeness (QED) is 0.612. The molecule has 0 saturated carbocycles. The third-order valence-electron chi connectivity index (χ3n) is 1.77. The van der Waals surface area contributed by atoms with Crippen molar-refractivity contribution in [3.8, 4) is 0 Å². The monoisotopic (exact) mass is 256 g/mol. The smallest absolute Gasteiger partial charge is 0.338 e. The van der Waals surface area contributed by atoms with Gasteiger partial charge in [0.15, 0.2) is 0 Å². The zero-order chi connectivity index (χ0) is 10.4. The first-order valence-electron chi connectivity index (χ1n) is 4.52. The second kappa shape index (κ2) is 5.81. The molecule has 2 nitrogen and oxygen atoms in total. The van der Waals surface area contributed by atoms with E-state index in [0.717, 1.165) is 5.33 Å². The van der Waals surface area contributed by atoms with E-state index < -0.39 is 0 Å². The Hall–Kier alpha value is -0.830. The topological polar surface area (TPSA) is 26.3 Å². The van der Waals surface area contributed by atoms with Gasteiger partial charge in [-0.05, 0) is 18.1 Å². The summed E-state index contributed by atoms with van der Waals surface area (Å²) in [7, 11) is 0. The van der Waals surface area contributed by atoms with Crippen LogP contribution in [-0.4, -0.2) is 17.9 Å². The molecule has 0 N–H and O–H groups in total. The van der Waals surface area contributed by atoms with Gasteiger partial charge in [-0.15, -0.1) is 0 Å². The van der Waals surface area contributed by atoms with Crippen LogP contribution in [0.25, 0.3) is 0 Å². The van der Waals surface area contributed by atoms with E-state index in [1.165, 1.54) is 0 Å². The van der Waals surface area contributed by atoms with Crippen LogP contribution in [0.5, 0.6) is 0 Å². The molecule has 0 saturated heterocycles. The largest absolute Gasteiger partial charge is 0.462 e.